The number of benzene rings is 7. The van der Waals surface area contributed by atoms with Crippen LogP contribution in [-0.4, -0.2) is 29.8 Å². The first-order valence-electron chi connectivity index (χ1n) is 20.7. The van der Waals surface area contributed by atoms with Gasteiger partial charge in [-0.25, -0.2) is 9.67 Å². The number of hydrogen-bond donors (Lipinski definition) is 1. The Balaban J connectivity index is 1.23. The molecule has 7 nitrogen and oxygen atoms in total. The van der Waals surface area contributed by atoms with Crippen LogP contribution in [0.1, 0.15) is 50.1 Å². The number of fused-ring (bicyclic) bond motifs is 1. The molecule has 10 rings (SSSR count). The molecular weight excluding hydrogens is 827 g/mol. The van der Waals surface area contributed by atoms with E-state index in [9.17, 15) is 0 Å². The largest absolute Gasteiger partial charge is 0.353 e. The van der Waals surface area contributed by atoms with Gasteiger partial charge in [0, 0.05) is 17.1 Å². The lowest BCUT2D eigenvalue weighted by Gasteiger charge is -2.38. The fourth-order valence-corrected chi connectivity index (χ4v) is 9.34. The number of pyridine rings is 1. The molecule has 10 aromatic rings. The minimum absolute atomic E-state index is 0.550. The quantitative estimate of drug-likeness (QED) is 0.117. The fourth-order valence-electron chi connectivity index (χ4n) is 8.89. The standard InChI is InChI=1S/C54H42BrN7/c55-49-33-19-20-40(35-49)38-61-39-41(37-56-61)34-42-36-50(58-53(43-21-7-1-8-22-43,44-23-9-2-10-24-44)45-25-11-3-12-26-45)57-52-51(42)59-60-62(52)54(46-27-13-4-14-28-46,47-29-15-5-16-30-47)48-31-17-6-18-32-48/h1-33,35-37,39H,34,38H2,(H,57,58). The van der Waals surface area contributed by atoms with Crippen molar-refractivity contribution in [1.82, 2.24) is 29.8 Å². The molecule has 0 radical (unpaired) electrons. The summed E-state index contributed by atoms with van der Waals surface area (Å²) in [5.41, 5.74) is 9.11. The van der Waals surface area contributed by atoms with E-state index < -0.39 is 11.1 Å². The molecule has 0 bridgehead atoms. The predicted molar refractivity (Wildman–Crippen MR) is 251 cm³/mol. The van der Waals surface area contributed by atoms with Crippen molar-refractivity contribution in [2.24, 2.45) is 0 Å². The molecule has 1 N–H and O–H groups in total. The van der Waals surface area contributed by atoms with Gasteiger partial charge in [0.05, 0.1) is 12.7 Å². The van der Waals surface area contributed by atoms with Crippen LogP contribution in [0.4, 0.5) is 5.82 Å². The molecule has 300 valence electrons. The third kappa shape index (κ3) is 7.18. The molecule has 0 amide bonds. The number of rotatable bonds is 13. The maximum Gasteiger partial charge on any atom is 0.182 e. The summed E-state index contributed by atoms with van der Waals surface area (Å²) >= 11 is 3.62. The van der Waals surface area contributed by atoms with E-state index in [1.807, 2.05) is 21.6 Å². The fraction of sp³-hybridized carbons (Fsp3) is 0.0741. The highest BCUT2D eigenvalue weighted by atomic mass is 79.9. The molecule has 0 saturated carbocycles. The molecule has 8 heteroatoms. The van der Waals surface area contributed by atoms with Gasteiger partial charge in [0.2, 0.25) is 0 Å². The molecule has 0 atom stereocenters. The summed E-state index contributed by atoms with van der Waals surface area (Å²) in [5, 5.41) is 19.1. The smallest absolute Gasteiger partial charge is 0.182 e. The minimum atomic E-state index is -0.939. The van der Waals surface area contributed by atoms with Crippen LogP contribution in [0.25, 0.3) is 11.2 Å². The van der Waals surface area contributed by atoms with E-state index in [1.165, 1.54) is 0 Å². The van der Waals surface area contributed by atoms with E-state index >= 15 is 0 Å². The zero-order chi connectivity index (χ0) is 41.8. The molecule has 0 saturated heterocycles. The second-order valence-electron chi connectivity index (χ2n) is 15.5. The number of nitrogens with one attached hydrogen (secondary N) is 1. The molecule has 0 unspecified atom stereocenters. The van der Waals surface area contributed by atoms with Crippen molar-refractivity contribution < 1.29 is 0 Å². The summed E-state index contributed by atoms with van der Waals surface area (Å²) < 4.78 is 5.06. The van der Waals surface area contributed by atoms with Crippen LogP contribution in [0, 0.1) is 0 Å². The number of halogens is 1. The maximum atomic E-state index is 5.61. The molecule has 0 aliphatic rings. The normalized spacial score (nSPS) is 11.8. The van der Waals surface area contributed by atoms with Crippen LogP contribution in [0.2, 0.25) is 0 Å². The molecule has 3 aromatic heterocycles. The molecular formula is C54H42BrN7. The first kappa shape index (κ1) is 38.8. The average molecular weight is 869 g/mol. The van der Waals surface area contributed by atoms with Crippen molar-refractivity contribution in [3.05, 3.63) is 279 Å². The maximum absolute atomic E-state index is 5.61. The van der Waals surface area contributed by atoms with Crippen LogP contribution in [0.5, 0.6) is 0 Å². The second-order valence-corrected chi connectivity index (χ2v) is 16.4. The SMILES string of the molecule is Brc1cccc(Cn2cc(Cc3cc(NC(c4ccccc4)(c4ccccc4)c4ccccc4)nc4c3nnn4C(c3ccccc3)(c3ccccc3)c3ccccc3)cn2)c1. The molecule has 0 spiro atoms. The first-order chi connectivity index (χ1) is 30.6. The van der Waals surface area contributed by atoms with Crippen molar-refractivity contribution in [1.29, 1.82) is 0 Å². The van der Waals surface area contributed by atoms with E-state index in [2.05, 4.69) is 234 Å². The number of hydrogen-bond acceptors (Lipinski definition) is 5. The van der Waals surface area contributed by atoms with E-state index in [0.717, 1.165) is 54.5 Å². The monoisotopic (exact) mass is 867 g/mol. The van der Waals surface area contributed by atoms with Gasteiger partial charge in [-0.3, -0.25) is 4.68 Å². The molecule has 0 aliphatic carbocycles. The van der Waals surface area contributed by atoms with Crippen LogP contribution in [0.15, 0.2) is 229 Å². The van der Waals surface area contributed by atoms with Crippen LogP contribution >= 0.6 is 15.9 Å². The minimum Gasteiger partial charge on any atom is -0.353 e. The molecule has 0 fully saturated rings. The van der Waals surface area contributed by atoms with E-state index in [-0.39, 0.29) is 0 Å². The Morgan fingerprint density at radius 1 is 0.516 bits per heavy atom. The summed E-state index contributed by atoms with van der Waals surface area (Å²) in [5.74, 6) is 0.678. The highest BCUT2D eigenvalue weighted by molar-refractivity contribution is 9.10. The lowest BCUT2D eigenvalue weighted by molar-refractivity contribution is 0.457. The van der Waals surface area contributed by atoms with Gasteiger partial charge >= 0.3 is 0 Å². The third-order valence-electron chi connectivity index (χ3n) is 11.6. The van der Waals surface area contributed by atoms with Gasteiger partial charge in [-0.2, -0.15) is 5.10 Å². The summed E-state index contributed by atoms with van der Waals surface area (Å²) in [6.07, 6.45) is 4.62. The van der Waals surface area contributed by atoms with Crippen molar-refractivity contribution in [3.63, 3.8) is 0 Å². The second kappa shape index (κ2) is 16.9. The van der Waals surface area contributed by atoms with Crippen molar-refractivity contribution in [2.45, 2.75) is 24.0 Å². The highest BCUT2D eigenvalue weighted by Gasteiger charge is 2.42. The lowest BCUT2D eigenvalue weighted by Crippen LogP contribution is -2.39. The molecule has 3 heterocycles. The zero-order valence-corrected chi connectivity index (χ0v) is 35.4. The zero-order valence-electron chi connectivity index (χ0n) is 33.8. The number of nitrogens with zero attached hydrogens (tertiary/aromatic N) is 6. The van der Waals surface area contributed by atoms with Gasteiger partial charge in [0.1, 0.15) is 22.4 Å². The van der Waals surface area contributed by atoms with Crippen molar-refractivity contribution in [2.75, 3.05) is 5.32 Å². The first-order valence-corrected chi connectivity index (χ1v) is 21.5. The average Bonchev–Trinajstić information content (AvgIpc) is 3.97. The molecule has 0 aliphatic heterocycles. The summed E-state index contributed by atoms with van der Waals surface area (Å²) in [6, 6.07) is 74.0. The van der Waals surface area contributed by atoms with Gasteiger partial charge in [0.25, 0.3) is 0 Å². The predicted octanol–water partition coefficient (Wildman–Crippen LogP) is 11.7. The summed E-state index contributed by atoms with van der Waals surface area (Å²) in [7, 11) is 0. The Bertz CT molecular complexity index is 2850. The van der Waals surface area contributed by atoms with Crippen LogP contribution in [-0.2, 0) is 24.0 Å². The van der Waals surface area contributed by atoms with E-state index in [4.69, 9.17) is 20.4 Å². The summed E-state index contributed by atoms with van der Waals surface area (Å²) in [6.45, 7) is 0.648. The molecule has 62 heavy (non-hydrogen) atoms. The van der Waals surface area contributed by atoms with Gasteiger partial charge < -0.3 is 5.32 Å². The highest BCUT2D eigenvalue weighted by Crippen LogP contribution is 2.44. The van der Waals surface area contributed by atoms with Gasteiger partial charge in [-0.05, 0) is 68.3 Å². The molecule has 7 aromatic carbocycles. The van der Waals surface area contributed by atoms with E-state index in [1.54, 1.807) is 0 Å². The topological polar surface area (TPSA) is 73.5 Å². The van der Waals surface area contributed by atoms with Crippen molar-refractivity contribution in [3.8, 4) is 0 Å². The third-order valence-corrected chi connectivity index (χ3v) is 12.1. The number of aromatic nitrogens is 6. The van der Waals surface area contributed by atoms with Gasteiger partial charge in [-0.15, -0.1) is 5.10 Å². The summed E-state index contributed by atoms with van der Waals surface area (Å²) in [4.78, 5) is 5.61. The Morgan fingerprint density at radius 3 is 1.48 bits per heavy atom. The Morgan fingerprint density at radius 2 is 1.00 bits per heavy atom. The van der Waals surface area contributed by atoms with Crippen LogP contribution in [0.3, 0.4) is 0 Å². The van der Waals surface area contributed by atoms with Gasteiger partial charge in [-0.1, -0.05) is 215 Å². The van der Waals surface area contributed by atoms with Crippen molar-refractivity contribution >= 4 is 32.9 Å². The number of anilines is 1. The Labute approximate surface area is 369 Å². The Kier molecular flexibility index (Phi) is 10.6. The van der Waals surface area contributed by atoms with Crippen LogP contribution < -0.4 is 5.32 Å². The Hall–Kier alpha value is -7.42. The van der Waals surface area contributed by atoms with Gasteiger partial charge in [0.15, 0.2) is 5.65 Å². The lowest BCUT2D eigenvalue weighted by atomic mass is 9.77. The van der Waals surface area contributed by atoms with E-state index in [0.29, 0.717) is 29.9 Å².